The van der Waals surface area contributed by atoms with Crippen molar-refractivity contribution < 1.29 is 9.47 Å². The first-order valence-corrected chi connectivity index (χ1v) is 7.88. The van der Waals surface area contributed by atoms with Gasteiger partial charge in [-0.3, -0.25) is 0 Å². The van der Waals surface area contributed by atoms with Gasteiger partial charge in [-0.25, -0.2) is 4.98 Å². The Morgan fingerprint density at radius 1 is 1.13 bits per heavy atom. The van der Waals surface area contributed by atoms with Crippen LogP contribution in [0.3, 0.4) is 0 Å². The summed E-state index contributed by atoms with van der Waals surface area (Å²) in [6.45, 7) is 6.45. The van der Waals surface area contributed by atoms with Crippen LogP contribution < -0.4 is 20.1 Å². The Kier molecular flexibility index (Phi) is 3.92. The molecule has 0 atom stereocenters. The second-order valence-corrected chi connectivity index (χ2v) is 6.82. The molecule has 124 valence electrons. The van der Waals surface area contributed by atoms with Crippen molar-refractivity contribution in [3.63, 3.8) is 0 Å². The molecule has 0 saturated carbocycles. The molecule has 1 aliphatic rings. The number of methoxy groups -OCH3 is 2. The van der Waals surface area contributed by atoms with Gasteiger partial charge in [0.25, 0.3) is 0 Å². The van der Waals surface area contributed by atoms with Gasteiger partial charge in [-0.1, -0.05) is 13.8 Å². The molecular formula is C17H24N4O2. The molecule has 1 saturated heterocycles. The molecule has 6 heteroatoms. The highest BCUT2D eigenvalue weighted by atomic mass is 16.5. The van der Waals surface area contributed by atoms with Crippen LogP contribution in [0.1, 0.15) is 26.7 Å². The minimum Gasteiger partial charge on any atom is -0.493 e. The zero-order valence-corrected chi connectivity index (χ0v) is 14.2. The van der Waals surface area contributed by atoms with E-state index in [0.29, 0.717) is 23.3 Å². The van der Waals surface area contributed by atoms with Crippen LogP contribution in [0, 0.1) is 5.41 Å². The van der Waals surface area contributed by atoms with E-state index in [4.69, 9.17) is 20.2 Å². The summed E-state index contributed by atoms with van der Waals surface area (Å²) in [6, 6.07) is 3.68. The van der Waals surface area contributed by atoms with Crippen molar-refractivity contribution in [2.24, 2.45) is 5.41 Å². The summed E-state index contributed by atoms with van der Waals surface area (Å²) in [5.74, 6) is 2.43. The molecular weight excluding hydrogens is 292 g/mol. The van der Waals surface area contributed by atoms with Gasteiger partial charge in [-0.05, 0) is 24.3 Å². The molecule has 0 amide bonds. The monoisotopic (exact) mass is 316 g/mol. The molecule has 0 radical (unpaired) electrons. The molecule has 1 aromatic heterocycles. The summed E-state index contributed by atoms with van der Waals surface area (Å²) in [6.07, 6.45) is 2.36. The van der Waals surface area contributed by atoms with Crippen LogP contribution in [-0.2, 0) is 0 Å². The first-order valence-electron chi connectivity index (χ1n) is 7.88. The van der Waals surface area contributed by atoms with E-state index >= 15 is 0 Å². The Bertz CT molecular complexity index is 730. The predicted octanol–water partition coefficient (Wildman–Crippen LogP) is 2.86. The summed E-state index contributed by atoms with van der Waals surface area (Å²) in [4.78, 5) is 11.4. The number of fused-ring (bicyclic) bond motifs is 1. The van der Waals surface area contributed by atoms with Crippen LogP contribution in [0.5, 0.6) is 11.5 Å². The van der Waals surface area contributed by atoms with E-state index in [2.05, 4.69) is 23.7 Å². The van der Waals surface area contributed by atoms with Crippen molar-refractivity contribution in [1.82, 2.24) is 9.97 Å². The van der Waals surface area contributed by atoms with Crippen molar-refractivity contribution in [3.05, 3.63) is 12.1 Å². The fourth-order valence-corrected chi connectivity index (χ4v) is 3.20. The number of nitrogens with two attached hydrogens (primary N) is 1. The second kappa shape index (κ2) is 5.76. The smallest absolute Gasteiger partial charge is 0.227 e. The number of rotatable bonds is 3. The van der Waals surface area contributed by atoms with Gasteiger partial charge in [-0.2, -0.15) is 4.98 Å². The average Bonchev–Trinajstić information content (AvgIpc) is 2.52. The van der Waals surface area contributed by atoms with Gasteiger partial charge >= 0.3 is 0 Å². The third-order valence-corrected chi connectivity index (χ3v) is 4.40. The van der Waals surface area contributed by atoms with Crippen LogP contribution in [-0.4, -0.2) is 37.3 Å². The highest BCUT2D eigenvalue weighted by Gasteiger charge is 2.28. The largest absolute Gasteiger partial charge is 0.493 e. The van der Waals surface area contributed by atoms with E-state index in [-0.39, 0.29) is 5.41 Å². The maximum atomic E-state index is 6.17. The number of nitrogen functional groups attached to an aromatic ring is 1. The van der Waals surface area contributed by atoms with Gasteiger partial charge in [-0.15, -0.1) is 0 Å². The Balaban J connectivity index is 2.06. The van der Waals surface area contributed by atoms with Crippen molar-refractivity contribution in [1.29, 1.82) is 0 Å². The highest BCUT2D eigenvalue weighted by molar-refractivity contribution is 5.91. The lowest BCUT2D eigenvalue weighted by molar-refractivity contribution is 0.291. The van der Waals surface area contributed by atoms with Crippen LogP contribution in [0.2, 0.25) is 0 Å². The molecule has 0 spiro atoms. The molecule has 2 heterocycles. The van der Waals surface area contributed by atoms with Crippen molar-refractivity contribution >= 4 is 22.7 Å². The van der Waals surface area contributed by atoms with Crippen LogP contribution in [0.4, 0.5) is 11.8 Å². The lowest BCUT2D eigenvalue weighted by atomic mass is 9.84. The van der Waals surface area contributed by atoms with Crippen molar-refractivity contribution in [2.45, 2.75) is 26.7 Å². The van der Waals surface area contributed by atoms with Crippen LogP contribution in [0.25, 0.3) is 10.9 Å². The van der Waals surface area contributed by atoms with Gasteiger partial charge in [0.15, 0.2) is 11.5 Å². The third-order valence-electron chi connectivity index (χ3n) is 4.40. The molecule has 0 unspecified atom stereocenters. The van der Waals surface area contributed by atoms with Crippen LogP contribution in [0.15, 0.2) is 12.1 Å². The maximum absolute atomic E-state index is 6.17. The minimum absolute atomic E-state index is 0.267. The highest BCUT2D eigenvalue weighted by Crippen LogP contribution is 2.35. The van der Waals surface area contributed by atoms with Gasteiger partial charge in [0, 0.05) is 24.5 Å². The van der Waals surface area contributed by atoms with Gasteiger partial charge in [0.2, 0.25) is 5.95 Å². The number of hydrogen-bond donors (Lipinski definition) is 1. The molecule has 0 aliphatic carbocycles. The lowest BCUT2D eigenvalue weighted by Gasteiger charge is -2.38. The Labute approximate surface area is 136 Å². The number of benzene rings is 1. The van der Waals surface area contributed by atoms with Crippen molar-refractivity contribution in [3.8, 4) is 11.5 Å². The standard InChI is InChI=1S/C17H24N4O2/c1-17(2)6-5-7-21(10-17)16-19-12-9-14(23-4)13(22-3)8-11(12)15(18)20-16/h8-9H,5-7,10H2,1-4H3,(H2,18,19,20). The first-order chi connectivity index (χ1) is 10.9. The zero-order valence-electron chi connectivity index (χ0n) is 14.2. The lowest BCUT2D eigenvalue weighted by Crippen LogP contribution is -2.41. The van der Waals surface area contributed by atoms with E-state index in [1.165, 1.54) is 6.42 Å². The molecule has 2 N–H and O–H groups in total. The fraction of sp³-hybridized carbons (Fsp3) is 0.529. The third kappa shape index (κ3) is 2.98. The Morgan fingerprint density at radius 2 is 1.83 bits per heavy atom. The summed E-state index contributed by atoms with van der Waals surface area (Å²) in [7, 11) is 3.22. The summed E-state index contributed by atoms with van der Waals surface area (Å²) in [5, 5.41) is 0.780. The minimum atomic E-state index is 0.267. The Morgan fingerprint density at radius 3 is 2.48 bits per heavy atom. The normalized spacial score (nSPS) is 17.3. The van der Waals surface area contributed by atoms with Crippen LogP contribution >= 0.6 is 0 Å². The molecule has 6 nitrogen and oxygen atoms in total. The summed E-state index contributed by atoms with van der Waals surface area (Å²) >= 11 is 0. The topological polar surface area (TPSA) is 73.5 Å². The van der Waals surface area contributed by atoms with E-state index in [9.17, 15) is 0 Å². The quantitative estimate of drug-likeness (QED) is 0.938. The average molecular weight is 316 g/mol. The van der Waals surface area contributed by atoms with E-state index in [1.807, 2.05) is 12.1 Å². The molecule has 23 heavy (non-hydrogen) atoms. The van der Waals surface area contributed by atoms with Crippen molar-refractivity contribution in [2.75, 3.05) is 37.9 Å². The second-order valence-electron chi connectivity index (χ2n) is 6.82. The van der Waals surface area contributed by atoms with Gasteiger partial charge in [0.05, 0.1) is 19.7 Å². The molecule has 1 aliphatic heterocycles. The number of hydrogen-bond acceptors (Lipinski definition) is 6. The fourth-order valence-electron chi connectivity index (χ4n) is 3.20. The van der Waals surface area contributed by atoms with Gasteiger partial charge < -0.3 is 20.1 Å². The molecule has 1 aromatic carbocycles. The maximum Gasteiger partial charge on any atom is 0.227 e. The SMILES string of the molecule is COc1cc2nc(N3CCCC(C)(C)C3)nc(N)c2cc1OC. The number of anilines is 2. The number of ether oxygens (including phenoxy) is 2. The molecule has 2 aromatic rings. The zero-order chi connectivity index (χ0) is 16.6. The number of aromatic nitrogens is 2. The van der Waals surface area contributed by atoms with E-state index in [0.717, 1.165) is 30.4 Å². The molecule has 3 rings (SSSR count). The Hall–Kier alpha value is -2.24. The predicted molar refractivity (Wildman–Crippen MR) is 92.3 cm³/mol. The molecule has 1 fully saturated rings. The molecule has 0 bridgehead atoms. The summed E-state index contributed by atoms with van der Waals surface area (Å²) < 4.78 is 10.7. The number of nitrogens with zero attached hydrogens (tertiary/aromatic N) is 3. The first kappa shape index (κ1) is 15.6. The van der Waals surface area contributed by atoms with E-state index in [1.54, 1.807) is 14.2 Å². The summed E-state index contributed by atoms with van der Waals surface area (Å²) in [5.41, 5.74) is 7.21. The van der Waals surface area contributed by atoms with E-state index < -0.39 is 0 Å². The number of piperidine rings is 1. The van der Waals surface area contributed by atoms with Gasteiger partial charge in [0.1, 0.15) is 5.82 Å².